The van der Waals surface area contributed by atoms with Crippen LogP contribution in [-0.4, -0.2) is 11.5 Å². The minimum absolute atomic E-state index is 0.490. The number of ether oxygens (including phenoxy) is 1. The third kappa shape index (κ3) is 3.71. The number of anilines is 1. The fourth-order valence-corrected chi connectivity index (χ4v) is 1.81. The highest BCUT2D eigenvalue weighted by molar-refractivity contribution is 5.39. The Hall–Kier alpha value is -2.03. The van der Waals surface area contributed by atoms with Crippen molar-refractivity contribution in [1.82, 2.24) is 4.98 Å². The summed E-state index contributed by atoms with van der Waals surface area (Å²) in [5.74, 6) is 2.76. The molecule has 0 atom stereocenters. The first-order valence-corrected chi connectivity index (χ1v) is 6.67. The molecule has 19 heavy (non-hydrogen) atoms. The van der Waals surface area contributed by atoms with Gasteiger partial charge in [-0.05, 0) is 36.6 Å². The van der Waals surface area contributed by atoms with E-state index < -0.39 is 0 Å². The maximum absolute atomic E-state index is 5.81. The van der Waals surface area contributed by atoms with Crippen LogP contribution in [0.4, 0.5) is 5.82 Å². The Kier molecular flexibility index (Phi) is 4.39. The van der Waals surface area contributed by atoms with Gasteiger partial charge in [0, 0.05) is 12.6 Å². The van der Waals surface area contributed by atoms with Crippen LogP contribution in [0.2, 0.25) is 0 Å². The van der Waals surface area contributed by atoms with Gasteiger partial charge in [-0.25, -0.2) is 0 Å². The average Bonchev–Trinajstić information content (AvgIpc) is 2.40. The molecule has 0 bridgehead atoms. The molecule has 3 nitrogen and oxygen atoms in total. The topological polar surface area (TPSA) is 34.1 Å². The van der Waals surface area contributed by atoms with Gasteiger partial charge in [-0.2, -0.15) is 4.98 Å². The summed E-state index contributed by atoms with van der Waals surface area (Å²) < 4.78 is 5.81. The van der Waals surface area contributed by atoms with Gasteiger partial charge in [-0.15, -0.1) is 0 Å². The van der Waals surface area contributed by atoms with E-state index in [0.717, 1.165) is 18.1 Å². The van der Waals surface area contributed by atoms with Crippen molar-refractivity contribution >= 4 is 5.82 Å². The van der Waals surface area contributed by atoms with Gasteiger partial charge in [0.2, 0.25) is 5.88 Å². The number of hydrogen-bond acceptors (Lipinski definition) is 3. The number of nitrogens with one attached hydrogen (secondary N) is 1. The zero-order valence-electron chi connectivity index (χ0n) is 11.7. The van der Waals surface area contributed by atoms with Crippen LogP contribution >= 0.6 is 0 Å². The largest absolute Gasteiger partial charge is 0.439 e. The highest BCUT2D eigenvalue weighted by Crippen LogP contribution is 2.24. The van der Waals surface area contributed by atoms with E-state index in [4.69, 9.17) is 4.74 Å². The molecule has 0 radical (unpaired) electrons. The lowest BCUT2D eigenvalue weighted by molar-refractivity contribution is 0.462. The van der Waals surface area contributed by atoms with Crippen LogP contribution in [0.25, 0.3) is 0 Å². The van der Waals surface area contributed by atoms with E-state index in [1.807, 2.05) is 37.3 Å². The van der Waals surface area contributed by atoms with Crippen molar-refractivity contribution in [3.8, 4) is 11.6 Å². The Morgan fingerprint density at radius 3 is 2.68 bits per heavy atom. The maximum Gasteiger partial charge on any atom is 0.221 e. The van der Waals surface area contributed by atoms with Gasteiger partial charge in [-0.3, -0.25) is 0 Å². The van der Waals surface area contributed by atoms with Gasteiger partial charge in [0.05, 0.1) is 0 Å². The summed E-state index contributed by atoms with van der Waals surface area (Å²) in [6.45, 7) is 7.23. The molecule has 0 aliphatic rings. The summed E-state index contributed by atoms with van der Waals surface area (Å²) in [7, 11) is 0. The maximum atomic E-state index is 5.81. The lowest BCUT2D eigenvalue weighted by Crippen LogP contribution is -1.99. The fourth-order valence-electron chi connectivity index (χ4n) is 1.81. The SMILES string of the molecule is CCNc1cccc(Oc2cccc(C(C)C)c2)n1. The van der Waals surface area contributed by atoms with Crippen LogP contribution in [0.3, 0.4) is 0 Å². The second-order valence-electron chi connectivity index (χ2n) is 4.72. The molecule has 2 rings (SSSR count). The number of benzene rings is 1. The van der Waals surface area contributed by atoms with Crippen molar-refractivity contribution in [2.24, 2.45) is 0 Å². The normalized spacial score (nSPS) is 10.5. The van der Waals surface area contributed by atoms with Gasteiger partial charge < -0.3 is 10.1 Å². The van der Waals surface area contributed by atoms with E-state index in [9.17, 15) is 0 Å². The highest BCUT2D eigenvalue weighted by Gasteiger charge is 2.03. The number of rotatable bonds is 5. The van der Waals surface area contributed by atoms with Crippen LogP contribution in [0.5, 0.6) is 11.6 Å². The van der Waals surface area contributed by atoms with Crippen molar-refractivity contribution in [2.75, 3.05) is 11.9 Å². The third-order valence-corrected chi connectivity index (χ3v) is 2.83. The Bertz CT molecular complexity index is 538. The summed E-state index contributed by atoms with van der Waals surface area (Å²) in [6, 6.07) is 13.9. The second-order valence-corrected chi connectivity index (χ2v) is 4.72. The summed E-state index contributed by atoms with van der Waals surface area (Å²) in [4.78, 5) is 4.40. The van der Waals surface area contributed by atoms with Crippen LogP contribution in [0.15, 0.2) is 42.5 Å². The van der Waals surface area contributed by atoms with Crippen molar-refractivity contribution in [2.45, 2.75) is 26.7 Å². The monoisotopic (exact) mass is 256 g/mol. The molecule has 0 saturated heterocycles. The first-order chi connectivity index (χ1) is 9.19. The molecule has 100 valence electrons. The molecule has 2 aromatic rings. The van der Waals surface area contributed by atoms with Crippen LogP contribution in [0, 0.1) is 0 Å². The summed E-state index contributed by atoms with van der Waals surface area (Å²) >= 11 is 0. The first-order valence-electron chi connectivity index (χ1n) is 6.67. The molecular formula is C16H20N2O. The van der Waals surface area contributed by atoms with E-state index in [1.165, 1.54) is 5.56 Å². The molecule has 0 saturated carbocycles. The molecule has 0 aliphatic carbocycles. The van der Waals surface area contributed by atoms with E-state index >= 15 is 0 Å². The summed E-state index contributed by atoms with van der Waals surface area (Å²) in [5, 5.41) is 3.17. The van der Waals surface area contributed by atoms with Gasteiger partial charge in [-0.1, -0.05) is 32.0 Å². The lowest BCUT2D eigenvalue weighted by Gasteiger charge is -2.10. The van der Waals surface area contributed by atoms with Gasteiger partial charge in [0.25, 0.3) is 0 Å². The molecule has 1 N–H and O–H groups in total. The molecule has 0 fully saturated rings. The molecule has 0 amide bonds. The molecule has 1 heterocycles. The van der Waals surface area contributed by atoms with E-state index in [-0.39, 0.29) is 0 Å². The number of pyridine rings is 1. The molecule has 3 heteroatoms. The van der Waals surface area contributed by atoms with Crippen molar-refractivity contribution in [1.29, 1.82) is 0 Å². The quantitative estimate of drug-likeness (QED) is 0.859. The highest BCUT2D eigenvalue weighted by atomic mass is 16.5. The van der Waals surface area contributed by atoms with Crippen LogP contribution < -0.4 is 10.1 Å². The molecular weight excluding hydrogens is 236 g/mol. The minimum Gasteiger partial charge on any atom is -0.439 e. The Labute approximate surface area is 114 Å². The standard InChI is InChI=1S/C16H20N2O/c1-4-17-15-9-6-10-16(18-15)19-14-8-5-7-13(11-14)12(2)3/h5-12H,4H2,1-3H3,(H,17,18). The Balaban J connectivity index is 2.16. The zero-order valence-corrected chi connectivity index (χ0v) is 11.7. The Morgan fingerprint density at radius 2 is 1.95 bits per heavy atom. The lowest BCUT2D eigenvalue weighted by atomic mass is 10.0. The molecule has 0 spiro atoms. The van der Waals surface area contributed by atoms with Gasteiger partial charge in [0.1, 0.15) is 11.6 Å². The number of hydrogen-bond donors (Lipinski definition) is 1. The molecule has 0 aliphatic heterocycles. The fraction of sp³-hybridized carbons (Fsp3) is 0.312. The van der Waals surface area contributed by atoms with Crippen LogP contribution in [0.1, 0.15) is 32.3 Å². The molecule has 0 unspecified atom stereocenters. The van der Waals surface area contributed by atoms with Crippen molar-refractivity contribution in [3.05, 3.63) is 48.0 Å². The average molecular weight is 256 g/mol. The van der Waals surface area contributed by atoms with Gasteiger partial charge in [0.15, 0.2) is 0 Å². The zero-order chi connectivity index (χ0) is 13.7. The predicted molar refractivity (Wildman–Crippen MR) is 79.0 cm³/mol. The smallest absolute Gasteiger partial charge is 0.221 e. The summed E-state index contributed by atoms with van der Waals surface area (Å²) in [6.07, 6.45) is 0. The molecule has 1 aromatic carbocycles. The summed E-state index contributed by atoms with van der Waals surface area (Å²) in [5.41, 5.74) is 1.26. The van der Waals surface area contributed by atoms with E-state index in [0.29, 0.717) is 11.8 Å². The molecule has 1 aromatic heterocycles. The first kappa shape index (κ1) is 13.4. The second kappa shape index (κ2) is 6.23. The number of nitrogens with zero attached hydrogens (tertiary/aromatic N) is 1. The van der Waals surface area contributed by atoms with E-state index in [1.54, 1.807) is 0 Å². The number of aromatic nitrogens is 1. The minimum atomic E-state index is 0.490. The third-order valence-electron chi connectivity index (χ3n) is 2.83. The van der Waals surface area contributed by atoms with Crippen molar-refractivity contribution < 1.29 is 4.74 Å². The van der Waals surface area contributed by atoms with Crippen molar-refractivity contribution in [3.63, 3.8) is 0 Å². The van der Waals surface area contributed by atoms with E-state index in [2.05, 4.69) is 36.3 Å². The van der Waals surface area contributed by atoms with Crippen LogP contribution in [-0.2, 0) is 0 Å². The van der Waals surface area contributed by atoms with Gasteiger partial charge >= 0.3 is 0 Å². The Morgan fingerprint density at radius 1 is 1.16 bits per heavy atom. The predicted octanol–water partition coefficient (Wildman–Crippen LogP) is 4.43.